The monoisotopic (exact) mass is 536 g/mol. The van der Waals surface area contributed by atoms with Crippen LogP contribution in [0.2, 0.25) is 0 Å². The van der Waals surface area contributed by atoms with Gasteiger partial charge in [0.25, 0.3) is 0 Å². The molecule has 5 fully saturated rings. The Kier molecular flexibility index (Phi) is 6.53. The number of hydrogen-bond donors (Lipinski definition) is 0. The molecule has 1 aromatic carbocycles. The number of carbonyl (C=O) groups excluding carboxylic acids is 1. The molecule has 4 bridgehead atoms. The Morgan fingerprint density at radius 3 is 2.42 bits per heavy atom. The van der Waals surface area contributed by atoms with Gasteiger partial charge in [0.1, 0.15) is 5.82 Å². The van der Waals surface area contributed by atoms with Gasteiger partial charge in [-0.1, -0.05) is 0 Å². The van der Waals surface area contributed by atoms with E-state index in [2.05, 4.69) is 19.6 Å². The van der Waals surface area contributed by atoms with Crippen molar-refractivity contribution >= 4 is 22.2 Å². The summed E-state index contributed by atoms with van der Waals surface area (Å²) in [6.07, 6.45) is 10.2. The molecule has 1 aliphatic heterocycles. The summed E-state index contributed by atoms with van der Waals surface area (Å²) in [5.74, 6) is 2.47. The zero-order valence-corrected chi connectivity index (χ0v) is 22.8. The lowest BCUT2D eigenvalue weighted by Crippen LogP contribution is -2.56. The van der Waals surface area contributed by atoms with Gasteiger partial charge in [-0.05, 0) is 80.5 Å². The van der Waals surface area contributed by atoms with Crippen molar-refractivity contribution < 1.29 is 13.9 Å². The first-order chi connectivity index (χ1) is 18.5. The van der Waals surface area contributed by atoms with Crippen molar-refractivity contribution in [1.82, 2.24) is 19.2 Å². The summed E-state index contributed by atoms with van der Waals surface area (Å²) in [4.78, 5) is 24.7. The summed E-state index contributed by atoms with van der Waals surface area (Å²) >= 11 is 1.63. The molecule has 4 saturated carbocycles. The van der Waals surface area contributed by atoms with Crippen LogP contribution >= 0.6 is 11.3 Å². The SMILES string of the molecule is O=C(N(CCc1csc2nc(-c3ccc(F)cc3)cn12)CCN1CCOCC1)C12CC3CC(CC(C3)C1)C2. The van der Waals surface area contributed by atoms with Crippen molar-refractivity contribution in [3.05, 3.63) is 47.4 Å². The lowest BCUT2D eigenvalue weighted by atomic mass is 9.49. The second kappa shape index (κ2) is 10.0. The van der Waals surface area contributed by atoms with E-state index < -0.39 is 0 Å². The number of nitrogens with zero attached hydrogens (tertiary/aromatic N) is 4. The Morgan fingerprint density at radius 1 is 1.05 bits per heavy atom. The number of morpholine rings is 1. The van der Waals surface area contributed by atoms with Gasteiger partial charge in [0, 0.05) is 62.0 Å². The Bertz CT molecular complexity index is 1260. The molecule has 8 rings (SSSR count). The molecule has 1 amide bonds. The van der Waals surface area contributed by atoms with Crippen LogP contribution in [0.5, 0.6) is 0 Å². The summed E-state index contributed by atoms with van der Waals surface area (Å²) in [5, 5.41) is 2.17. The van der Waals surface area contributed by atoms with Gasteiger partial charge < -0.3 is 9.64 Å². The van der Waals surface area contributed by atoms with E-state index in [-0.39, 0.29) is 11.2 Å². The first kappa shape index (κ1) is 24.7. The Hall–Kier alpha value is -2.29. The second-order valence-corrected chi connectivity index (χ2v) is 13.0. The van der Waals surface area contributed by atoms with Crippen LogP contribution in [0.3, 0.4) is 0 Å². The topological polar surface area (TPSA) is 50.1 Å². The molecule has 6 nitrogen and oxygen atoms in total. The number of halogens is 1. The molecular weight excluding hydrogens is 499 g/mol. The molecule has 0 spiro atoms. The quantitative estimate of drug-likeness (QED) is 0.401. The molecule has 0 N–H and O–H groups in total. The van der Waals surface area contributed by atoms with E-state index in [1.54, 1.807) is 23.5 Å². The predicted molar refractivity (Wildman–Crippen MR) is 147 cm³/mol. The largest absolute Gasteiger partial charge is 0.379 e. The van der Waals surface area contributed by atoms with E-state index >= 15 is 0 Å². The number of fused-ring (bicyclic) bond motifs is 1. The fraction of sp³-hybridized carbons (Fsp3) is 0.600. The van der Waals surface area contributed by atoms with Gasteiger partial charge in [-0.2, -0.15) is 0 Å². The number of aromatic nitrogens is 2. The minimum Gasteiger partial charge on any atom is -0.379 e. The molecule has 5 aliphatic rings. The lowest BCUT2D eigenvalue weighted by Gasteiger charge is -2.56. The van der Waals surface area contributed by atoms with Crippen molar-refractivity contribution in [2.45, 2.75) is 44.9 Å². The molecule has 2 aromatic heterocycles. The average molecular weight is 537 g/mol. The van der Waals surface area contributed by atoms with Gasteiger partial charge in [-0.15, -0.1) is 11.3 Å². The standard InChI is InChI=1S/C30H37FN4O2S/c31-25-3-1-24(2-4-25)27-19-35-26(20-38-29(35)32-27)5-6-34(8-7-33-9-11-37-12-10-33)28(36)30-16-21-13-22(17-30)15-23(14-21)18-30/h1-4,19-23H,5-18H2. The molecule has 0 atom stereocenters. The molecule has 0 unspecified atom stereocenters. The van der Waals surface area contributed by atoms with Crippen molar-refractivity contribution in [3.8, 4) is 11.3 Å². The molecule has 1 saturated heterocycles. The fourth-order valence-electron chi connectivity index (χ4n) is 8.13. The fourth-order valence-corrected chi connectivity index (χ4v) is 9.04. The normalized spacial score (nSPS) is 28.8. The highest BCUT2D eigenvalue weighted by Crippen LogP contribution is 2.60. The summed E-state index contributed by atoms with van der Waals surface area (Å²) in [7, 11) is 0. The van der Waals surface area contributed by atoms with Crippen LogP contribution in [0.1, 0.15) is 44.2 Å². The van der Waals surface area contributed by atoms with E-state index in [0.717, 1.165) is 106 Å². The van der Waals surface area contributed by atoms with Crippen LogP contribution in [0, 0.1) is 29.0 Å². The van der Waals surface area contributed by atoms with E-state index in [1.165, 1.54) is 37.1 Å². The Labute approximate surface area is 227 Å². The van der Waals surface area contributed by atoms with Crippen LogP contribution in [0.4, 0.5) is 4.39 Å². The van der Waals surface area contributed by atoms with E-state index in [0.29, 0.717) is 5.91 Å². The molecule has 3 heterocycles. The summed E-state index contributed by atoms with van der Waals surface area (Å²) in [6, 6.07) is 6.51. The minimum atomic E-state index is -0.240. The maximum absolute atomic E-state index is 14.3. The second-order valence-electron chi connectivity index (χ2n) is 12.2. The van der Waals surface area contributed by atoms with Crippen LogP contribution < -0.4 is 0 Å². The molecule has 0 radical (unpaired) electrons. The van der Waals surface area contributed by atoms with E-state index in [4.69, 9.17) is 9.72 Å². The number of carbonyl (C=O) groups is 1. The minimum absolute atomic E-state index is 0.117. The molecule has 38 heavy (non-hydrogen) atoms. The first-order valence-corrected chi connectivity index (χ1v) is 15.2. The number of hydrogen-bond acceptors (Lipinski definition) is 5. The highest BCUT2D eigenvalue weighted by atomic mass is 32.1. The number of amides is 1. The van der Waals surface area contributed by atoms with Crippen LogP contribution in [-0.2, 0) is 16.0 Å². The Morgan fingerprint density at radius 2 is 1.74 bits per heavy atom. The molecule has 8 heteroatoms. The van der Waals surface area contributed by atoms with Gasteiger partial charge in [0.2, 0.25) is 5.91 Å². The van der Waals surface area contributed by atoms with Crippen molar-refractivity contribution in [3.63, 3.8) is 0 Å². The number of benzene rings is 1. The predicted octanol–water partition coefficient (Wildman–Crippen LogP) is 5.12. The Balaban J connectivity index is 1.10. The molecule has 4 aliphatic carbocycles. The van der Waals surface area contributed by atoms with E-state index in [9.17, 15) is 9.18 Å². The summed E-state index contributed by atoms with van der Waals surface area (Å²) in [6.45, 7) is 5.91. The van der Waals surface area contributed by atoms with Crippen molar-refractivity contribution in [2.75, 3.05) is 45.9 Å². The van der Waals surface area contributed by atoms with Crippen LogP contribution in [0.15, 0.2) is 35.8 Å². The first-order valence-electron chi connectivity index (χ1n) is 14.4. The van der Waals surface area contributed by atoms with Gasteiger partial charge in [-0.3, -0.25) is 14.1 Å². The van der Waals surface area contributed by atoms with Gasteiger partial charge in [0.15, 0.2) is 4.96 Å². The molecule has 3 aromatic rings. The maximum Gasteiger partial charge on any atom is 0.228 e. The maximum atomic E-state index is 14.3. The lowest BCUT2D eigenvalue weighted by molar-refractivity contribution is -0.158. The number of imidazole rings is 1. The van der Waals surface area contributed by atoms with Gasteiger partial charge >= 0.3 is 0 Å². The van der Waals surface area contributed by atoms with Gasteiger partial charge in [-0.25, -0.2) is 9.37 Å². The number of thiazole rings is 1. The third-order valence-corrected chi connectivity index (χ3v) is 10.5. The highest BCUT2D eigenvalue weighted by molar-refractivity contribution is 7.15. The zero-order chi connectivity index (χ0) is 25.7. The van der Waals surface area contributed by atoms with E-state index in [1.807, 2.05) is 6.20 Å². The summed E-state index contributed by atoms with van der Waals surface area (Å²) < 4.78 is 21.1. The third-order valence-electron chi connectivity index (χ3n) is 9.63. The zero-order valence-electron chi connectivity index (χ0n) is 22.0. The smallest absolute Gasteiger partial charge is 0.228 e. The van der Waals surface area contributed by atoms with Crippen LogP contribution in [0.25, 0.3) is 16.2 Å². The van der Waals surface area contributed by atoms with Gasteiger partial charge in [0.05, 0.1) is 24.3 Å². The molecule has 202 valence electrons. The molecular formula is C30H37FN4O2S. The van der Waals surface area contributed by atoms with Crippen molar-refractivity contribution in [1.29, 1.82) is 0 Å². The van der Waals surface area contributed by atoms with Crippen molar-refractivity contribution in [2.24, 2.45) is 23.2 Å². The van der Waals surface area contributed by atoms with Crippen LogP contribution in [-0.4, -0.2) is 71.0 Å². The third kappa shape index (κ3) is 4.69. The highest BCUT2D eigenvalue weighted by Gasteiger charge is 2.55. The number of rotatable bonds is 8. The number of ether oxygens (including phenoxy) is 1. The average Bonchev–Trinajstić information content (AvgIpc) is 3.50. The summed E-state index contributed by atoms with van der Waals surface area (Å²) in [5.41, 5.74) is 2.83.